The molecule has 6 nitrogen and oxygen atoms in total. The Balaban J connectivity index is 1.87. The highest BCUT2D eigenvalue weighted by Gasteiger charge is 2.24. The lowest BCUT2D eigenvalue weighted by molar-refractivity contribution is -0.139. The van der Waals surface area contributed by atoms with Gasteiger partial charge in [0, 0.05) is 18.7 Å². The number of carbonyl (C=O) groups excluding carboxylic acids is 2. The van der Waals surface area contributed by atoms with Crippen molar-refractivity contribution in [3.05, 3.63) is 59.2 Å². The minimum absolute atomic E-state index is 0.130. The summed E-state index contributed by atoms with van der Waals surface area (Å²) in [6, 6.07) is 12.4. The first-order chi connectivity index (χ1) is 18.8. The number of amides is 2. The van der Waals surface area contributed by atoms with Gasteiger partial charge in [-0.2, -0.15) is 11.8 Å². The van der Waals surface area contributed by atoms with E-state index in [-0.39, 0.29) is 12.3 Å². The molecule has 1 fully saturated rings. The van der Waals surface area contributed by atoms with Gasteiger partial charge in [0.05, 0.1) is 6.42 Å². The highest BCUT2D eigenvalue weighted by molar-refractivity contribution is 7.98. The van der Waals surface area contributed by atoms with Crippen molar-refractivity contribution in [1.29, 1.82) is 0 Å². The van der Waals surface area contributed by atoms with E-state index in [1.54, 1.807) is 17.8 Å². The Morgan fingerprint density at radius 3 is 2.49 bits per heavy atom. The van der Waals surface area contributed by atoms with Gasteiger partial charge in [-0.05, 0) is 84.9 Å². The minimum Gasteiger partial charge on any atom is -0.480 e. The van der Waals surface area contributed by atoms with E-state index in [1.165, 1.54) is 32.1 Å². The number of unbranched alkanes of at least 4 members (excludes halogenated alkanes) is 1. The van der Waals surface area contributed by atoms with E-state index in [0.717, 1.165) is 48.2 Å². The molecule has 0 aromatic heterocycles. The van der Waals surface area contributed by atoms with Gasteiger partial charge in [-0.25, -0.2) is 4.79 Å². The van der Waals surface area contributed by atoms with Crippen LogP contribution in [0.3, 0.4) is 0 Å². The summed E-state index contributed by atoms with van der Waals surface area (Å²) >= 11 is 1.55. The van der Waals surface area contributed by atoms with E-state index in [4.69, 9.17) is 0 Å². The average Bonchev–Trinajstić information content (AvgIpc) is 2.93. The van der Waals surface area contributed by atoms with E-state index in [0.29, 0.717) is 23.7 Å². The maximum atomic E-state index is 13.5. The SMILES string of the molecule is CCCCN(CC1CCCCC1)C(=O)Cc1ccc(C(=O)N[C@@H](CCSC)C(=O)O)c(-c2ccccc2C)c1. The lowest BCUT2D eigenvalue weighted by atomic mass is 9.88. The Morgan fingerprint density at radius 1 is 1.08 bits per heavy atom. The number of hydrogen-bond donors (Lipinski definition) is 2. The molecule has 0 unspecified atom stereocenters. The molecule has 3 rings (SSSR count). The number of nitrogens with one attached hydrogen (secondary N) is 1. The normalized spacial score (nSPS) is 14.5. The number of aryl methyl sites for hydroxylation is 1. The number of rotatable bonds is 14. The van der Waals surface area contributed by atoms with Crippen molar-refractivity contribution in [2.24, 2.45) is 5.92 Å². The summed E-state index contributed by atoms with van der Waals surface area (Å²) in [5.41, 5.74) is 3.90. The van der Waals surface area contributed by atoms with Crippen LogP contribution in [0.1, 0.15) is 79.8 Å². The van der Waals surface area contributed by atoms with Crippen LogP contribution in [-0.2, 0) is 16.0 Å². The van der Waals surface area contributed by atoms with Crippen LogP contribution in [0.15, 0.2) is 42.5 Å². The van der Waals surface area contributed by atoms with Crippen molar-refractivity contribution < 1.29 is 19.5 Å². The molecule has 2 N–H and O–H groups in total. The first-order valence-electron chi connectivity index (χ1n) is 14.3. The largest absolute Gasteiger partial charge is 0.480 e. The number of thioether (sulfide) groups is 1. The second-order valence-electron chi connectivity index (χ2n) is 10.7. The third kappa shape index (κ3) is 9.13. The molecule has 0 spiro atoms. The first-order valence-corrected chi connectivity index (χ1v) is 15.7. The number of carbonyl (C=O) groups is 3. The lowest BCUT2D eigenvalue weighted by Gasteiger charge is -2.30. The van der Waals surface area contributed by atoms with Crippen LogP contribution in [0.25, 0.3) is 11.1 Å². The second kappa shape index (κ2) is 15.7. The van der Waals surface area contributed by atoms with Crippen molar-refractivity contribution in [2.75, 3.05) is 25.1 Å². The monoisotopic (exact) mass is 552 g/mol. The summed E-state index contributed by atoms with van der Waals surface area (Å²) in [7, 11) is 0. The quantitative estimate of drug-likeness (QED) is 0.285. The molecule has 0 heterocycles. The van der Waals surface area contributed by atoms with Crippen LogP contribution >= 0.6 is 11.8 Å². The standard InChI is InChI=1S/C32H44N2O4S/c1-4-5-18-34(22-24-12-7-6-8-13-24)30(35)21-25-15-16-27(28(20-25)26-14-10-9-11-23(26)2)31(36)33-29(32(37)38)17-19-39-3/h9-11,14-16,20,24,29H,4-8,12-13,17-19,21-22H2,1-3H3,(H,33,36)(H,37,38)/t29-/m0/s1. The Bertz CT molecular complexity index is 1110. The Kier molecular flexibility index (Phi) is 12.4. The minimum atomic E-state index is -1.04. The molecule has 1 atom stereocenters. The van der Waals surface area contributed by atoms with E-state index in [1.807, 2.05) is 49.6 Å². The summed E-state index contributed by atoms with van der Waals surface area (Å²) in [6.45, 7) is 5.75. The molecule has 1 saturated carbocycles. The zero-order valence-electron chi connectivity index (χ0n) is 23.7. The molecule has 0 radical (unpaired) electrons. The Labute approximate surface area is 237 Å². The highest BCUT2D eigenvalue weighted by atomic mass is 32.2. The van der Waals surface area contributed by atoms with Crippen LogP contribution in [0.5, 0.6) is 0 Å². The molecule has 0 saturated heterocycles. The van der Waals surface area contributed by atoms with Crippen LogP contribution in [-0.4, -0.2) is 58.9 Å². The molecular weight excluding hydrogens is 508 g/mol. The number of nitrogens with zero attached hydrogens (tertiary/aromatic N) is 1. The fourth-order valence-electron chi connectivity index (χ4n) is 5.36. The molecule has 1 aliphatic carbocycles. The van der Waals surface area contributed by atoms with Crippen LogP contribution in [0, 0.1) is 12.8 Å². The molecule has 1 aliphatic rings. The van der Waals surface area contributed by atoms with Gasteiger partial charge in [0.25, 0.3) is 5.91 Å². The number of hydrogen-bond acceptors (Lipinski definition) is 4. The molecule has 212 valence electrons. The summed E-state index contributed by atoms with van der Waals surface area (Å²) in [5, 5.41) is 12.4. The third-order valence-corrected chi connectivity index (χ3v) is 8.31. The smallest absolute Gasteiger partial charge is 0.326 e. The molecule has 39 heavy (non-hydrogen) atoms. The van der Waals surface area contributed by atoms with E-state index >= 15 is 0 Å². The van der Waals surface area contributed by atoms with E-state index in [9.17, 15) is 19.5 Å². The number of carboxylic acid groups (broad SMARTS) is 1. The highest BCUT2D eigenvalue weighted by Crippen LogP contribution is 2.29. The number of carboxylic acids is 1. The van der Waals surface area contributed by atoms with Crippen LogP contribution in [0.4, 0.5) is 0 Å². The summed E-state index contributed by atoms with van der Waals surface area (Å²) in [4.78, 5) is 40.7. The topological polar surface area (TPSA) is 86.7 Å². The zero-order chi connectivity index (χ0) is 28.2. The fraction of sp³-hybridized carbons (Fsp3) is 0.531. The van der Waals surface area contributed by atoms with Gasteiger partial charge in [0.15, 0.2) is 0 Å². The van der Waals surface area contributed by atoms with Gasteiger partial charge in [-0.3, -0.25) is 9.59 Å². The van der Waals surface area contributed by atoms with Gasteiger partial charge in [-0.15, -0.1) is 0 Å². The number of aliphatic carboxylic acids is 1. The summed E-state index contributed by atoms with van der Waals surface area (Å²) in [6.07, 6.45) is 10.8. The summed E-state index contributed by atoms with van der Waals surface area (Å²) < 4.78 is 0. The molecule has 2 amide bonds. The van der Waals surface area contributed by atoms with E-state index < -0.39 is 17.9 Å². The molecule has 2 aromatic rings. The van der Waals surface area contributed by atoms with Crippen molar-refractivity contribution in [1.82, 2.24) is 10.2 Å². The first kappa shape index (κ1) is 30.7. The van der Waals surface area contributed by atoms with Crippen molar-refractivity contribution in [3.63, 3.8) is 0 Å². The molecule has 0 bridgehead atoms. The molecule has 0 aliphatic heterocycles. The summed E-state index contributed by atoms with van der Waals surface area (Å²) in [5.74, 6) is -0.103. The maximum Gasteiger partial charge on any atom is 0.326 e. The molecule has 7 heteroatoms. The van der Waals surface area contributed by atoms with Gasteiger partial charge in [-0.1, -0.05) is 62.9 Å². The maximum absolute atomic E-state index is 13.5. The van der Waals surface area contributed by atoms with Gasteiger partial charge in [0.2, 0.25) is 5.91 Å². The molecule has 2 aromatic carbocycles. The van der Waals surface area contributed by atoms with Crippen molar-refractivity contribution in [3.8, 4) is 11.1 Å². The van der Waals surface area contributed by atoms with Gasteiger partial charge >= 0.3 is 5.97 Å². The van der Waals surface area contributed by atoms with Gasteiger partial charge in [0.1, 0.15) is 6.04 Å². The van der Waals surface area contributed by atoms with Gasteiger partial charge < -0.3 is 15.3 Å². The van der Waals surface area contributed by atoms with Crippen LogP contribution < -0.4 is 5.32 Å². The Morgan fingerprint density at radius 2 is 1.82 bits per heavy atom. The van der Waals surface area contributed by atoms with Crippen molar-refractivity contribution in [2.45, 2.75) is 77.7 Å². The number of benzene rings is 2. The predicted octanol–water partition coefficient (Wildman–Crippen LogP) is 6.35. The second-order valence-corrected chi connectivity index (χ2v) is 11.7. The zero-order valence-corrected chi connectivity index (χ0v) is 24.5. The fourth-order valence-corrected chi connectivity index (χ4v) is 5.83. The average molecular weight is 553 g/mol. The van der Waals surface area contributed by atoms with Crippen molar-refractivity contribution >= 4 is 29.5 Å². The predicted molar refractivity (Wildman–Crippen MR) is 160 cm³/mol. The third-order valence-electron chi connectivity index (χ3n) is 7.67. The van der Waals surface area contributed by atoms with Crippen LogP contribution in [0.2, 0.25) is 0 Å². The lowest BCUT2D eigenvalue weighted by Crippen LogP contribution is -2.41. The van der Waals surface area contributed by atoms with E-state index in [2.05, 4.69) is 17.1 Å². The molecular formula is C32H44N2O4S. The Hall–Kier alpha value is -2.80.